The molecule has 0 spiro atoms. The Bertz CT molecular complexity index is 695. The molecule has 1 aromatic heterocycles. The Kier molecular flexibility index (Phi) is 4.85. The highest BCUT2D eigenvalue weighted by Crippen LogP contribution is 2.17. The Hall–Kier alpha value is -2.34. The van der Waals surface area contributed by atoms with Crippen molar-refractivity contribution in [2.75, 3.05) is 32.8 Å². The molecule has 1 fully saturated rings. The van der Waals surface area contributed by atoms with Gasteiger partial charge in [-0.1, -0.05) is 25.1 Å². The van der Waals surface area contributed by atoms with E-state index >= 15 is 0 Å². The van der Waals surface area contributed by atoms with Gasteiger partial charge < -0.3 is 19.9 Å². The number of hydrogen-bond donors (Lipinski definition) is 2. The monoisotopic (exact) mass is 329 g/mol. The molecule has 2 aromatic rings. The highest BCUT2D eigenvalue weighted by molar-refractivity contribution is 5.98. The standard InChI is InChI=1S/C18H23N3O3/c1-2-13(12-22)17(23)20-7-9-21(10-8-20)18(24)16-11-14-5-3-4-6-15(14)19-16/h3-6,11,13,19,22H,2,7-10,12H2,1H3. The molecular formula is C18H23N3O3. The van der Waals surface area contributed by atoms with Crippen LogP contribution in [-0.4, -0.2) is 64.5 Å². The minimum absolute atomic E-state index is 0.0160. The first-order valence-electron chi connectivity index (χ1n) is 8.40. The molecule has 1 atom stereocenters. The zero-order chi connectivity index (χ0) is 17.1. The van der Waals surface area contributed by atoms with Gasteiger partial charge in [0.05, 0.1) is 12.5 Å². The van der Waals surface area contributed by atoms with Gasteiger partial charge in [-0.05, 0) is 18.6 Å². The van der Waals surface area contributed by atoms with E-state index in [0.29, 0.717) is 38.3 Å². The lowest BCUT2D eigenvalue weighted by Crippen LogP contribution is -2.52. The fourth-order valence-corrected chi connectivity index (χ4v) is 3.13. The second kappa shape index (κ2) is 7.05. The van der Waals surface area contributed by atoms with Crippen molar-refractivity contribution in [2.45, 2.75) is 13.3 Å². The summed E-state index contributed by atoms with van der Waals surface area (Å²) in [5.41, 5.74) is 1.53. The number of carbonyl (C=O) groups is 2. The van der Waals surface area contributed by atoms with Crippen LogP contribution in [0.3, 0.4) is 0 Å². The average molecular weight is 329 g/mol. The lowest BCUT2D eigenvalue weighted by molar-refractivity contribution is -0.138. The molecule has 1 aliphatic heterocycles. The summed E-state index contributed by atoms with van der Waals surface area (Å²) in [5, 5.41) is 10.3. The smallest absolute Gasteiger partial charge is 0.270 e. The Morgan fingerprint density at radius 1 is 1.17 bits per heavy atom. The van der Waals surface area contributed by atoms with Crippen molar-refractivity contribution in [1.82, 2.24) is 14.8 Å². The summed E-state index contributed by atoms with van der Waals surface area (Å²) < 4.78 is 0. The van der Waals surface area contributed by atoms with Crippen LogP contribution in [0.4, 0.5) is 0 Å². The van der Waals surface area contributed by atoms with Crippen LogP contribution < -0.4 is 0 Å². The first-order chi connectivity index (χ1) is 11.6. The number of hydrogen-bond acceptors (Lipinski definition) is 3. The molecule has 1 unspecified atom stereocenters. The van der Waals surface area contributed by atoms with Gasteiger partial charge in [-0.3, -0.25) is 9.59 Å². The molecule has 0 saturated carbocycles. The highest BCUT2D eigenvalue weighted by atomic mass is 16.3. The molecule has 0 bridgehead atoms. The zero-order valence-electron chi connectivity index (χ0n) is 13.9. The van der Waals surface area contributed by atoms with Gasteiger partial charge in [0.15, 0.2) is 0 Å². The SMILES string of the molecule is CCC(CO)C(=O)N1CCN(C(=O)c2cc3ccccc3[nH]2)CC1. The Morgan fingerprint density at radius 3 is 2.46 bits per heavy atom. The fourth-order valence-electron chi connectivity index (χ4n) is 3.13. The Labute approximate surface area is 141 Å². The number of carbonyl (C=O) groups excluding carboxylic acids is 2. The summed E-state index contributed by atoms with van der Waals surface area (Å²) >= 11 is 0. The molecule has 1 saturated heterocycles. The van der Waals surface area contributed by atoms with Gasteiger partial charge >= 0.3 is 0 Å². The maximum atomic E-state index is 12.6. The number of fused-ring (bicyclic) bond motifs is 1. The first-order valence-corrected chi connectivity index (χ1v) is 8.40. The van der Waals surface area contributed by atoms with Crippen LogP contribution >= 0.6 is 0 Å². The lowest BCUT2D eigenvalue weighted by Gasteiger charge is -2.36. The number of aliphatic hydroxyl groups excluding tert-OH is 1. The number of H-pyrrole nitrogens is 1. The normalized spacial score (nSPS) is 16.4. The molecule has 128 valence electrons. The minimum Gasteiger partial charge on any atom is -0.396 e. The quantitative estimate of drug-likeness (QED) is 0.892. The van der Waals surface area contributed by atoms with E-state index in [0.717, 1.165) is 10.9 Å². The third-order valence-electron chi connectivity index (χ3n) is 4.70. The van der Waals surface area contributed by atoms with Gasteiger partial charge in [0.2, 0.25) is 5.91 Å². The van der Waals surface area contributed by atoms with Crippen LogP contribution in [0.25, 0.3) is 10.9 Å². The average Bonchev–Trinajstić information content (AvgIpc) is 3.06. The van der Waals surface area contributed by atoms with Gasteiger partial charge in [-0.25, -0.2) is 0 Å². The molecule has 6 heteroatoms. The van der Waals surface area contributed by atoms with E-state index in [9.17, 15) is 14.7 Å². The van der Waals surface area contributed by atoms with Gasteiger partial charge in [0.25, 0.3) is 5.91 Å². The topological polar surface area (TPSA) is 76.6 Å². The van der Waals surface area contributed by atoms with E-state index < -0.39 is 0 Å². The van der Waals surface area contributed by atoms with E-state index in [-0.39, 0.29) is 24.3 Å². The van der Waals surface area contributed by atoms with Crippen LogP contribution in [-0.2, 0) is 4.79 Å². The summed E-state index contributed by atoms with van der Waals surface area (Å²) in [7, 11) is 0. The van der Waals surface area contributed by atoms with Crippen LogP contribution in [0.2, 0.25) is 0 Å². The largest absolute Gasteiger partial charge is 0.396 e. The molecule has 2 amide bonds. The molecule has 0 radical (unpaired) electrons. The molecule has 6 nitrogen and oxygen atoms in total. The number of aliphatic hydroxyl groups is 1. The van der Waals surface area contributed by atoms with Crippen molar-refractivity contribution in [1.29, 1.82) is 0 Å². The molecule has 24 heavy (non-hydrogen) atoms. The minimum atomic E-state index is -0.332. The molecule has 2 heterocycles. The van der Waals surface area contributed by atoms with Crippen LogP contribution in [0.15, 0.2) is 30.3 Å². The number of benzene rings is 1. The van der Waals surface area contributed by atoms with Crippen molar-refractivity contribution in [3.8, 4) is 0 Å². The van der Waals surface area contributed by atoms with Crippen molar-refractivity contribution < 1.29 is 14.7 Å². The molecule has 2 N–H and O–H groups in total. The van der Waals surface area contributed by atoms with Gasteiger partial charge in [0.1, 0.15) is 5.69 Å². The summed E-state index contributed by atoms with van der Waals surface area (Å²) in [6, 6.07) is 9.67. The highest BCUT2D eigenvalue weighted by Gasteiger charge is 2.28. The number of aromatic amines is 1. The maximum Gasteiger partial charge on any atom is 0.270 e. The Balaban J connectivity index is 1.64. The summed E-state index contributed by atoms with van der Waals surface area (Å²) in [5.74, 6) is -0.383. The van der Waals surface area contributed by atoms with E-state index in [1.807, 2.05) is 37.3 Å². The van der Waals surface area contributed by atoms with Crippen molar-refractivity contribution in [3.63, 3.8) is 0 Å². The molecule has 1 aliphatic rings. The van der Waals surface area contributed by atoms with E-state index in [2.05, 4.69) is 4.98 Å². The maximum absolute atomic E-state index is 12.6. The van der Waals surface area contributed by atoms with Gasteiger partial charge in [-0.15, -0.1) is 0 Å². The molecule has 1 aromatic carbocycles. The first kappa shape index (κ1) is 16.5. The van der Waals surface area contributed by atoms with Crippen LogP contribution in [0.1, 0.15) is 23.8 Å². The van der Waals surface area contributed by atoms with Gasteiger partial charge in [-0.2, -0.15) is 0 Å². The predicted molar refractivity (Wildman–Crippen MR) is 91.6 cm³/mol. The number of para-hydroxylation sites is 1. The molecule has 0 aliphatic carbocycles. The van der Waals surface area contributed by atoms with Crippen molar-refractivity contribution in [3.05, 3.63) is 36.0 Å². The second-order valence-corrected chi connectivity index (χ2v) is 6.18. The number of aromatic nitrogens is 1. The fraction of sp³-hybridized carbons (Fsp3) is 0.444. The van der Waals surface area contributed by atoms with E-state index in [1.165, 1.54) is 0 Å². The van der Waals surface area contributed by atoms with E-state index in [4.69, 9.17) is 0 Å². The number of amides is 2. The third kappa shape index (κ3) is 3.14. The Morgan fingerprint density at radius 2 is 1.83 bits per heavy atom. The third-order valence-corrected chi connectivity index (χ3v) is 4.70. The number of nitrogens with one attached hydrogen (secondary N) is 1. The summed E-state index contributed by atoms with van der Waals surface area (Å²) in [6.07, 6.45) is 0.629. The van der Waals surface area contributed by atoms with Crippen LogP contribution in [0, 0.1) is 5.92 Å². The molecular weight excluding hydrogens is 306 g/mol. The van der Waals surface area contributed by atoms with Crippen LogP contribution in [0.5, 0.6) is 0 Å². The zero-order valence-corrected chi connectivity index (χ0v) is 13.9. The second-order valence-electron chi connectivity index (χ2n) is 6.18. The lowest BCUT2D eigenvalue weighted by atomic mass is 10.1. The predicted octanol–water partition coefficient (Wildman–Crippen LogP) is 1.47. The summed E-state index contributed by atoms with van der Waals surface area (Å²) in [4.78, 5) is 31.6. The van der Waals surface area contributed by atoms with Crippen molar-refractivity contribution >= 4 is 22.7 Å². The number of piperazine rings is 1. The summed E-state index contributed by atoms with van der Waals surface area (Å²) in [6.45, 7) is 3.84. The molecule has 3 rings (SSSR count). The van der Waals surface area contributed by atoms with Crippen molar-refractivity contribution in [2.24, 2.45) is 5.92 Å². The van der Waals surface area contributed by atoms with Gasteiger partial charge in [0, 0.05) is 37.1 Å². The number of rotatable bonds is 4. The van der Waals surface area contributed by atoms with E-state index in [1.54, 1.807) is 9.80 Å². The number of nitrogens with zero attached hydrogens (tertiary/aromatic N) is 2.